The van der Waals surface area contributed by atoms with Crippen LogP contribution in [-0.2, 0) is 16.0 Å². The molecular formula is C23H24N4O2. The summed E-state index contributed by atoms with van der Waals surface area (Å²) < 4.78 is 0. The van der Waals surface area contributed by atoms with Crippen molar-refractivity contribution in [1.29, 1.82) is 0 Å². The van der Waals surface area contributed by atoms with Crippen LogP contribution in [0.2, 0.25) is 0 Å². The van der Waals surface area contributed by atoms with Crippen LogP contribution in [0.25, 0.3) is 10.9 Å². The van der Waals surface area contributed by atoms with Crippen LogP contribution in [0, 0.1) is 5.92 Å². The molecule has 6 nitrogen and oxygen atoms in total. The second-order valence-electron chi connectivity index (χ2n) is 7.40. The van der Waals surface area contributed by atoms with Crippen LogP contribution in [0.3, 0.4) is 0 Å². The number of nitrogens with zero attached hydrogens (tertiary/aromatic N) is 2. The predicted molar refractivity (Wildman–Crippen MR) is 115 cm³/mol. The Hall–Kier alpha value is -3.41. The molecule has 2 heterocycles. The molecular weight excluding hydrogens is 364 g/mol. The molecule has 1 aliphatic heterocycles. The molecule has 0 aliphatic carbocycles. The fraction of sp³-hybridized carbons (Fsp3) is 0.261. The SMILES string of the molecule is NC(=O)C1CCN(c2ccccc2NC(=O)Cc2cccc3cccnc23)CC1. The van der Waals surface area contributed by atoms with Crippen LogP contribution in [0.1, 0.15) is 18.4 Å². The standard InChI is InChI=1S/C23H24N4O2/c24-23(29)17-10-13-27(14-11-17)20-9-2-1-8-19(20)26-21(28)15-18-6-3-5-16-7-4-12-25-22(16)18/h1-9,12,17H,10-11,13-15H2,(H2,24,29)(H,26,28). The molecule has 0 radical (unpaired) electrons. The van der Waals surface area contributed by atoms with E-state index in [1.54, 1.807) is 6.20 Å². The number of pyridine rings is 1. The molecule has 3 aromatic rings. The highest BCUT2D eigenvalue weighted by atomic mass is 16.2. The molecule has 1 saturated heterocycles. The number of amides is 2. The third-order valence-corrected chi connectivity index (χ3v) is 5.48. The first-order valence-corrected chi connectivity index (χ1v) is 9.87. The lowest BCUT2D eigenvalue weighted by Gasteiger charge is -2.33. The molecule has 0 atom stereocenters. The van der Waals surface area contributed by atoms with E-state index in [0.29, 0.717) is 0 Å². The fourth-order valence-corrected chi connectivity index (χ4v) is 3.94. The van der Waals surface area contributed by atoms with Gasteiger partial charge in [-0.2, -0.15) is 0 Å². The van der Waals surface area contributed by atoms with Crippen molar-refractivity contribution in [2.75, 3.05) is 23.3 Å². The van der Waals surface area contributed by atoms with Crippen molar-refractivity contribution in [3.8, 4) is 0 Å². The molecule has 29 heavy (non-hydrogen) atoms. The van der Waals surface area contributed by atoms with Crippen LogP contribution in [0.15, 0.2) is 60.8 Å². The molecule has 2 amide bonds. The molecule has 1 fully saturated rings. The van der Waals surface area contributed by atoms with Crippen LogP contribution in [0.5, 0.6) is 0 Å². The highest BCUT2D eigenvalue weighted by Gasteiger charge is 2.24. The molecule has 3 N–H and O–H groups in total. The van der Waals surface area contributed by atoms with Crippen molar-refractivity contribution in [3.63, 3.8) is 0 Å². The molecule has 6 heteroatoms. The van der Waals surface area contributed by atoms with E-state index in [0.717, 1.165) is 53.8 Å². The summed E-state index contributed by atoms with van der Waals surface area (Å²) in [6.45, 7) is 1.49. The monoisotopic (exact) mass is 388 g/mol. The van der Waals surface area contributed by atoms with E-state index in [-0.39, 0.29) is 24.2 Å². The van der Waals surface area contributed by atoms with Crippen molar-refractivity contribution in [2.24, 2.45) is 11.7 Å². The first kappa shape index (κ1) is 18.9. The number of nitrogens with two attached hydrogens (primary N) is 1. The van der Waals surface area contributed by atoms with Crippen LogP contribution >= 0.6 is 0 Å². The number of fused-ring (bicyclic) bond motifs is 1. The molecule has 148 valence electrons. The zero-order valence-electron chi connectivity index (χ0n) is 16.2. The maximum Gasteiger partial charge on any atom is 0.228 e. The Balaban J connectivity index is 1.48. The minimum absolute atomic E-state index is 0.0631. The summed E-state index contributed by atoms with van der Waals surface area (Å²) in [6, 6.07) is 17.6. The summed E-state index contributed by atoms with van der Waals surface area (Å²) in [6.07, 6.45) is 3.47. The Morgan fingerprint density at radius 3 is 2.59 bits per heavy atom. The lowest BCUT2D eigenvalue weighted by Crippen LogP contribution is -2.38. The number of rotatable bonds is 5. The zero-order valence-corrected chi connectivity index (χ0v) is 16.2. The third-order valence-electron chi connectivity index (χ3n) is 5.48. The smallest absolute Gasteiger partial charge is 0.228 e. The van der Waals surface area contributed by atoms with E-state index in [4.69, 9.17) is 5.73 Å². The number of nitrogens with one attached hydrogen (secondary N) is 1. The van der Waals surface area contributed by atoms with Gasteiger partial charge in [-0.1, -0.05) is 36.4 Å². The van der Waals surface area contributed by atoms with Gasteiger partial charge in [0.15, 0.2) is 0 Å². The fourth-order valence-electron chi connectivity index (χ4n) is 3.94. The van der Waals surface area contributed by atoms with Gasteiger partial charge in [-0.05, 0) is 36.6 Å². The number of piperidine rings is 1. The number of para-hydroxylation sites is 3. The second kappa shape index (κ2) is 8.31. The van der Waals surface area contributed by atoms with Gasteiger partial charge in [0.1, 0.15) is 0 Å². The maximum atomic E-state index is 12.8. The van der Waals surface area contributed by atoms with Gasteiger partial charge < -0.3 is 16.0 Å². The Kier molecular flexibility index (Phi) is 5.42. The molecule has 0 unspecified atom stereocenters. The number of anilines is 2. The summed E-state index contributed by atoms with van der Waals surface area (Å²) in [5.41, 5.74) is 8.95. The largest absolute Gasteiger partial charge is 0.370 e. The van der Waals surface area contributed by atoms with E-state index in [9.17, 15) is 9.59 Å². The van der Waals surface area contributed by atoms with Gasteiger partial charge in [0.05, 0.1) is 23.3 Å². The van der Waals surface area contributed by atoms with Crippen molar-refractivity contribution in [3.05, 3.63) is 66.4 Å². The molecule has 4 rings (SSSR count). The summed E-state index contributed by atoms with van der Waals surface area (Å²) in [7, 11) is 0. The molecule has 0 saturated carbocycles. The number of benzene rings is 2. The van der Waals surface area contributed by atoms with Crippen LogP contribution < -0.4 is 16.0 Å². The van der Waals surface area contributed by atoms with Gasteiger partial charge >= 0.3 is 0 Å². The summed E-state index contributed by atoms with van der Waals surface area (Å²) in [5, 5.41) is 4.08. The Bertz CT molecular complexity index is 1040. The first-order valence-electron chi connectivity index (χ1n) is 9.87. The predicted octanol–water partition coefficient (Wildman–Crippen LogP) is 3.12. The van der Waals surface area contributed by atoms with Crippen LogP contribution in [0.4, 0.5) is 11.4 Å². The quantitative estimate of drug-likeness (QED) is 0.703. The van der Waals surface area contributed by atoms with Crippen molar-refractivity contribution < 1.29 is 9.59 Å². The lowest BCUT2D eigenvalue weighted by molar-refractivity contribution is -0.122. The van der Waals surface area contributed by atoms with Gasteiger partial charge in [0.25, 0.3) is 0 Å². The summed E-state index contributed by atoms with van der Waals surface area (Å²) in [4.78, 5) is 30.8. The van der Waals surface area contributed by atoms with E-state index in [2.05, 4.69) is 15.2 Å². The molecule has 0 bridgehead atoms. The molecule has 2 aromatic carbocycles. The molecule has 1 aliphatic rings. The Morgan fingerprint density at radius 1 is 1.03 bits per heavy atom. The normalized spacial score (nSPS) is 14.7. The van der Waals surface area contributed by atoms with Gasteiger partial charge in [-0.25, -0.2) is 0 Å². The topological polar surface area (TPSA) is 88.3 Å². The van der Waals surface area contributed by atoms with Gasteiger partial charge in [-0.15, -0.1) is 0 Å². The Labute approximate surface area is 169 Å². The van der Waals surface area contributed by atoms with Gasteiger partial charge in [0, 0.05) is 30.6 Å². The number of primary amides is 1. The average molecular weight is 388 g/mol. The van der Waals surface area contributed by atoms with Crippen molar-refractivity contribution in [2.45, 2.75) is 19.3 Å². The molecule has 0 spiro atoms. The minimum Gasteiger partial charge on any atom is -0.370 e. The van der Waals surface area contributed by atoms with E-state index >= 15 is 0 Å². The average Bonchev–Trinajstić information content (AvgIpc) is 2.74. The van der Waals surface area contributed by atoms with E-state index < -0.39 is 0 Å². The minimum atomic E-state index is -0.227. The molecule has 1 aromatic heterocycles. The maximum absolute atomic E-state index is 12.8. The van der Waals surface area contributed by atoms with Crippen molar-refractivity contribution >= 4 is 34.1 Å². The summed E-state index contributed by atoms with van der Waals surface area (Å²) >= 11 is 0. The Morgan fingerprint density at radius 2 is 1.79 bits per heavy atom. The van der Waals surface area contributed by atoms with E-state index in [1.807, 2.05) is 54.6 Å². The number of carbonyl (C=O) groups excluding carboxylic acids is 2. The first-order chi connectivity index (χ1) is 14.1. The van der Waals surface area contributed by atoms with Crippen LogP contribution in [-0.4, -0.2) is 29.9 Å². The highest BCUT2D eigenvalue weighted by molar-refractivity contribution is 5.97. The van der Waals surface area contributed by atoms with Gasteiger partial charge in [0.2, 0.25) is 11.8 Å². The third kappa shape index (κ3) is 4.21. The number of hydrogen-bond donors (Lipinski definition) is 2. The number of carbonyl (C=O) groups is 2. The van der Waals surface area contributed by atoms with E-state index in [1.165, 1.54) is 0 Å². The number of hydrogen-bond acceptors (Lipinski definition) is 4. The van der Waals surface area contributed by atoms with Gasteiger partial charge in [-0.3, -0.25) is 14.6 Å². The zero-order chi connectivity index (χ0) is 20.2. The second-order valence-corrected chi connectivity index (χ2v) is 7.40. The van der Waals surface area contributed by atoms with Crippen molar-refractivity contribution in [1.82, 2.24) is 4.98 Å². The summed E-state index contributed by atoms with van der Waals surface area (Å²) in [5.74, 6) is -0.371. The number of aromatic nitrogens is 1. The highest BCUT2D eigenvalue weighted by Crippen LogP contribution is 2.30. The lowest BCUT2D eigenvalue weighted by atomic mass is 9.96.